The molecule has 2 rings (SSSR count). The quantitative estimate of drug-likeness (QED) is 0.778. The number of sulfonamides is 1. The summed E-state index contributed by atoms with van der Waals surface area (Å²) in [6.07, 6.45) is 3.17. The van der Waals surface area contributed by atoms with E-state index in [1.807, 2.05) is 0 Å². The molecular weight excluding hydrogens is 286 g/mol. The normalized spacial score (nSPS) is 15.6. The first-order valence-electron chi connectivity index (χ1n) is 5.88. The molecule has 0 aromatic carbocycles. The fourth-order valence-electron chi connectivity index (χ4n) is 1.79. The van der Waals surface area contributed by atoms with Gasteiger partial charge in [-0.25, -0.2) is 8.42 Å². The summed E-state index contributed by atoms with van der Waals surface area (Å²) in [5.74, 6) is -0.962. The summed E-state index contributed by atoms with van der Waals surface area (Å²) < 4.78 is 26.5. The molecule has 5 nitrogen and oxygen atoms in total. The van der Waals surface area contributed by atoms with Crippen molar-refractivity contribution in [3.63, 3.8) is 0 Å². The van der Waals surface area contributed by atoms with Crippen LogP contribution in [0.25, 0.3) is 0 Å². The van der Waals surface area contributed by atoms with Gasteiger partial charge in [-0.2, -0.15) is 4.31 Å². The first-order chi connectivity index (χ1) is 8.95. The highest BCUT2D eigenvalue weighted by Crippen LogP contribution is 2.34. The Balaban J connectivity index is 2.24. The fraction of sp³-hybridized carbons (Fsp3) is 0.417. The Labute approximate surface area is 116 Å². The summed E-state index contributed by atoms with van der Waals surface area (Å²) in [5, 5.41) is 8.70. The van der Waals surface area contributed by atoms with E-state index in [9.17, 15) is 13.2 Å². The van der Waals surface area contributed by atoms with Crippen molar-refractivity contribution in [1.29, 1.82) is 0 Å². The van der Waals surface area contributed by atoms with Gasteiger partial charge >= 0.3 is 5.97 Å². The van der Waals surface area contributed by atoms with Crippen LogP contribution in [0.1, 0.15) is 17.7 Å². The Morgan fingerprint density at radius 2 is 2.21 bits per heavy atom. The Bertz CT molecular complexity index is 587. The van der Waals surface area contributed by atoms with Crippen molar-refractivity contribution in [3.8, 4) is 0 Å². The van der Waals surface area contributed by atoms with Gasteiger partial charge in [0, 0.05) is 17.5 Å². The predicted octanol–water partition coefficient (Wildman–Crippen LogP) is 1.71. The highest BCUT2D eigenvalue weighted by Gasteiger charge is 2.37. The van der Waals surface area contributed by atoms with E-state index in [1.54, 1.807) is 12.1 Å². The monoisotopic (exact) mass is 301 g/mol. The second-order valence-corrected chi connectivity index (χ2v) is 7.67. The standard InChI is InChI=1S/C12H15NO4S2/c1-2-7-13(9-3-4-9)19(16,17)12-6-5-10(18-12)8-11(14)15/h2,5-6,9H,1,3-4,7-8H2,(H,14,15). The average molecular weight is 301 g/mol. The van der Waals surface area contributed by atoms with Crippen molar-refractivity contribution in [3.05, 3.63) is 29.7 Å². The predicted molar refractivity (Wildman–Crippen MR) is 72.8 cm³/mol. The molecule has 104 valence electrons. The molecule has 1 fully saturated rings. The first kappa shape index (κ1) is 14.2. The number of nitrogens with zero attached hydrogens (tertiary/aromatic N) is 1. The zero-order valence-electron chi connectivity index (χ0n) is 10.3. The number of rotatable bonds is 7. The lowest BCUT2D eigenvalue weighted by Crippen LogP contribution is -2.32. The number of hydrogen-bond acceptors (Lipinski definition) is 4. The van der Waals surface area contributed by atoms with Gasteiger partial charge in [-0.15, -0.1) is 17.9 Å². The van der Waals surface area contributed by atoms with E-state index in [2.05, 4.69) is 6.58 Å². The highest BCUT2D eigenvalue weighted by molar-refractivity contribution is 7.91. The second-order valence-electron chi connectivity index (χ2n) is 4.39. The summed E-state index contributed by atoms with van der Waals surface area (Å²) in [6, 6.07) is 3.11. The van der Waals surface area contributed by atoms with Gasteiger partial charge in [-0.3, -0.25) is 4.79 Å². The van der Waals surface area contributed by atoms with Crippen molar-refractivity contribution in [2.75, 3.05) is 6.54 Å². The first-order valence-corrected chi connectivity index (χ1v) is 8.14. The number of thiophene rings is 1. The molecule has 0 amide bonds. The van der Waals surface area contributed by atoms with Gasteiger partial charge < -0.3 is 5.11 Å². The lowest BCUT2D eigenvalue weighted by Gasteiger charge is -2.18. The van der Waals surface area contributed by atoms with Crippen molar-refractivity contribution >= 4 is 27.3 Å². The van der Waals surface area contributed by atoms with Crippen LogP contribution in [-0.2, 0) is 21.2 Å². The molecular formula is C12H15NO4S2. The Hall–Kier alpha value is -1.18. The number of aliphatic carboxylic acids is 1. The molecule has 19 heavy (non-hydrogen) atoms. The zero-order valence-corrected chi connectivity index (χ0v) is 11.9. The molecule has 1 heterocycles. The van der Waals surface area contributed by atoms with Crippen LogP contribution in [0.15, 0.2) is 29.0 Å². The van der Waals surface area contributed by atoms with Crippen molar-refractivity contribution in [2.45, 2.75) is 29.5 Å². The number of carbonyl (C=O) groups is 1. The summed E-state index contributed by atoms with van der Waals surface area (Å²) in [4.78, 5) is 11.2. The molecule has 1 aromatic heterocycles. The molecule has 0 spiro atoms. The second kappa shape index (κ2) is 5.44. The summed E-state index contributed by atoms with van der Waals surface area (Å²) >= 11 is 1.02. The van der Waals surface area contributed by atoms with Crippen LogP contribution in [0, 0.1) is 0 Å². The molecule has 7 heteroatoms. The van der Waals surface area contributed by atoms with Gasteiger partial charge in [0.2, 0.25) is 0 Å². The maximum Gasteiger partial charge on any atom is 0.308 e. The molecule has 1 aliphatic rings. The van der Waals surface area contributed by atoms with Gasteiger partial charge in [0.1, 0.15) is 4.21 Å². The molecule has 1 aromatic rings. The van der Waals surface area contributed by atoms with Crippen LogP contribution in [0.3, 0.4) is 0 Å². The number of carboxylic acid groups (broad SMARTS) is 1. The van der Waals surface area contributed by atoms with Gasteiger partial charge in [0.05, 0.1) is 6.42 Å². The van der Waals surface area contributed by atoms with E-state index in [4.69, 9.17) is 5.11 Å². The van der Waals surface area contributed by atoms with Crippen LogP contribution < -0.4 is 0 Å². The van der Waals surface area contributed by atoms with Crippen LogP contribution in [0.5, 0.6) is 0 Å². The third-order valence-electron chi connectivity index (χ3n) is 2.79. The van der Waals surface area contributed by atoms with Crippen LogP contribution in [0.4, 0.5) is 0 Å². The zero-order chi connectivity index (χ0) is 14.0. The fourth-order valence-corrected chi connectivity index (χ4v) is 4.92. The Morgan fingerprint density at radius 3 is 2.74 bits per heavy atom. The van der Waals surface area contributed by atoms with Crippen LogP contribution >= 0.6 is 11.3 Å². The summed E-state index contributed by atoms with van der Waals surface area (Å²) in [7, 11) is -3.53. The maximum atomic E-state index is 12.4. The smallest absolute Gasteiger partial charge is 0.308 e. The molecule has 0 bridgehead atoms. The minimum Gasteiger partial charge on any atom is -0.481 e. The Kier molecular flexibility index (Phi) is 4.07. The molecule has 0 atom stereocenters. The highest BCUT2D eigenvalue weighted by atomic mass is 32.2. The molecule has 1 saturated carbocycles. The van der Waals surface area contributed by atoms with Crippen molar-refractivity contribution in [2.24, 2.45) is 0 Å². The molecule has 0 saturated heterocycles. The molecule has 0 aliphatic heterocycles. The topological polar surface area (TPSA) is 74.7 Å². The molecule has 1 N–H and O–H groups in total. The molecule has 0 radical (unpaired) electrons. The summed E-state index contributed by atoms with van der Waals surface area (Å²) in [6.45, 7) is 3.87. The van der Waals surface area contributed by atoms with Crippen LogP contribution in [0.2, 0.25) is 0 Å². The van der Waals surface area contributed by atoms with Gasteiger partial charge in [0.15, 0.2) is 0 Å². The van der Waals surface area contributed by atoms with E-state index < -0.39 is 16.0 Å². The number of carboxylic acids is 1. The van der Waals surface area contributed by atoms with Crippen molar-refractivity contribution in [1.82, 2.24) is 4.31 Å². The third-order valence-corrected chi connectivity index (χ3v) is 6.26. The van der Waals surface area contributed by atoms with Crippen molar-refractivity contribution < 1.29 is 18.3 Å². The maximum absolute atomic E-state index is 12.4. The van der Waals surface area contributed by atoms with Crippen LogP contribution in [-0.4, -0.2) is 36.4 Å². The van der Waals surface area contributed by atoms with Gasteiger partial charge in [-0.05, 0) is 25.0 Å². The van der Waals surface area contributed by atoms with E-state index in [0.717, 1.165) is 24.2 Å². The van der Waals surface area contributed by atoms with E-state index in [0.29, 0.717) is 11.4 Å². The Morgan fingerprint density at radius 1 is 1.53 bits per heavy atom. The lowest BCUT2D eigenvalue weighted by atomic mass is 10.3. The van der Waals surface area contributed by atoms with Gasteiger partial charge in [-0.1, -0.05) is 6.08 Å². The minimum atomic E-state index is -3.53. The van der Waals surface area contributed by atoms with E-state index in [-0.39, 0.29) is 16.7 Å². The number of hydrogen-bond donors (Lipinski definition) is 1. The lowest BCUT2D eigenvalue weighted by molar-refractivity contribution is -0.136. The molecule has 0 unspecified atom stereocenters. The molecule has 1 aliphatic carbocycles. The average Bonchev–Trinajstić information content (AvgIpc) is 3.04. The van der Waals surface area contributed by atoms with E-state index >= 15 is 0 Å². The third kappa shape index (κ3) is 3.23. The van der Waals surface area contributed by atoms with E-state index in [1.165, 1.54) is 10.4 Å². The van der Waals surface area contributed by atoms with Gasteiger partial charge in [0.25, 0.3) is 10.0 Å². The largest absolute Gasteiger partial charge is 0.481 e. The SMILES string of the molecule is C=CCN(C1CC1)S(=O)(=O)c1ccc(CC(=O)O)s1. The summed E-state index contributed by atoms with van der Waals surface area (Å²) in [5.41, 5.74) is 0. The minimum absolute atomic E-state index is 0.0630.